The van der Waals surface area contributed by atoms with Gasteiger partial charge in [-0.15, -0.1) is 24.8 Å². The monoisotopic (exact) mass is 290 g/mol. The number of alkyl halides is 5. The SMILES string of the molecule is Cl.Cl.FC(F)(F)C(F)(F)CN1CCNCC1. The first kappa shape index (κ1) is 18.5. The molecule has 100 valence electrons. The predicted molar refractivity (Wildman–Crippen MR) is 54.8 cm³/mol. The summed E-state index contributed by atoms with van der Waals surface area (Å²) in [4.78, 5) is 1.12. The summed E-state index contributed by atoms with van der Waals surface area (Å²) in [6.07, 6.45) is -5.45. The molecule has 2 nitrogen and oxygen atoms in total. The molecular formula is C7H13Cl2F5N2. The molecule has 1 saturated heterocycles. The minimum Gasteiger partial charge on any atom is -0.314 e. The van der Waals surface area contributed by atoms with Gasteiger partial charge in [-0.05, 0) is 0 Å². The van der Waals surface area contributed by atoms with Gasteiger partial charge in [-0.1, -0.05) is 0 Å². The molecule has 0 aliphatic carbocycles. The fourth-order valence-corrected chi connectivity index (χ4v) is 1.24. The van der Waals surface area contributed by atoms with Crippen molar-refractivity contribution >= 4 is 24.8 Å². The van der Waals surface area contributed by atoms with Gasteiger partial charge >= 0.3 is 12.1 Å². The molecule has 0 atom stereocenters. The Kier molecular flexibility index (Phi) is 7.85. The second-order valence-corrected chi connectivity index (χ2v) is 3.23. The predicted octanol–water partition coefficient (Wildman–Crippen LogP) is 1.93. The minimum absolute atomic E-state index is 0. The van der Waals surface area contributed by atoms with Crippen LogP contribution in [0.5, 0.6) is 0 Å². The van der Waals surface area contributed by atoms with E-state index in [2.05, 4.69) is 5.32 Å². The van der Waals surface area contributed by atoms with Crippen molar-refractivity contribution in [2.45, 2.75) is 12.1 Å². The number of nitrogens with zero attached hydrogens (tertiary/aromatic N) is 1. The lowest BCUT2D eigenvalue weighted by molar-refractivity contribution is -0.286. The van der Waals surface area contributed by atoms with Crippen LogP contribution in [0.2, 0.25) is 0 Å². The maximum absolute atomic E-state index is 12.5. The van der Waals surface area contributed by atoms with E-state index in [1.807, 2.05) is 0 Å². The van der Waals surface area contributed by atoms with E-state index < -0.39 is 18.6 Å². The number of hydrogen-bond acceptors (Lipinski definition) is 2. The summed E-state index contributed by atoms with van der Waals surface area (Å²) in [5.41, 5.74) is 0. The second kappa shape index (κ2) is 6.78. The van der Waals surface area contributed by atoms with Crippen LogP contribution in [0.1, 0.15) is 0 Å². The van der Waals surface area contributed by atoms with Crippen LogP contribution in [0.25, 0.3) is 0 Å². The first-order valence-corrected chi connectivity index (χ1v) is 4.20. The van der Waals surface area contributed by atoms with Crippen LogP contribution >= 0.6 is 24.8 Å². The third-order valence-corrected chi connectivity index (χ3v) is 2.05. The summed E-state index contributed by atoms with van der Waals surface area (Å²) >= 11 is 0. The first-order valence-electron chi connectivity index (χ1n) is 4.20. The standard InChI is InChI=1S/C7H11F5N2.2ClH/c8-6(9,7(10,11)12)5-14-3-1-13-2-4-14;;/h13H,1-5H2;2*1H. The van der Waals surface area contributed by atoms with Gasteiger partial charge in [0.2, 0.25) is 0 Å². The van der Waals surface area contributed by atoms with Crippen molar-refractivity contribution in [2.24, 2.45) is 0 Å². The van der Waals surface area contributed by atoms with Crippen LogP contribution in [0, 0.1) is 0 Å². The molecule has 0 aromatic carbocycles. The molecule has 0 bridgehead atoms. The van der Waals surface area contributed by atoms with E-state index in [0.717, 1.165) is 4.90 Å². The van der Waals surface area contributed by atoms with Crippen molar-refractivity contribution in [3.05, 3.63) is 0 Å². The Bertz CT molecular complexity index is 194. The van der Waals surface area contributed by atoms with Crippen molar-refractivity contribution in [3.8, 4) is 0 Å². The fourth-order valence-electron chi connectivity index (χ4n) is 1.24. The Labute approximate surface area is 102 Å². The van der Waals surface area contributed by atoms with Crippen LogP contribution in [-0.4, -0.2) is 49.7 Å². The van der Waals surface area contributed by atoms with Gasteiger partial charge in [0.05, 0.1) is 6.54 Å². The zero-order chi connectivity index (χ0) is 10.8. The highest BCUT2D eigenvalue weighted by atomic mass is 35.5. The number of nitrogens with one attached hydrogen (secondary N) is 1. The molecule has 1 fully saturated rings. The van der Waals surface area contributed by atoms with Crippen LogP contribution in [0.4, 0.5) is 22.0 Å². The summed E-state index contributed by atoms with van der Waals surface area (Å²) in [6, 6.07) is 0. The molecule has 0 aromatic heterocycles. The average Bonchev–Trinajstić information content (AvgIpc) is 2.03. The van der Waals surface area contributed by atoms with Crippen LogP contribution in [0.3, 0.4) is 0 Å². The Hall–Kier alpha value is 0.150. The highest BCUT2D eigenvalue weighted by Crippen LogP contribution is 2.35. The Morgan fingerprint density at radius 2 is 1.38 bits per heavy atom. The van der Waals surface area contributed by atoms with Crippen molar-refractivity contribution in [2.75, 3.05) is 32.7 Å². The summed E-state index contributed by atoms with van der Waals surface area (Å²) in [6.45, 7) is 0.122. The average molecular weight is 291 g/mol. The van der Waals surface area contributed by atoms with Gasteiger partial charge in [-0.2, -0.15) is 22.0 Å². The third-order valence-electron chi connectivity index (χ3n) is 2.05. The lowest BCUT2D eigenvalue weighted by atomic mass is 10.2. The van der Waals surface area contributed by atoms with E-state index in [-0.39, 0.29) is 37.9 Å². The molecule has 1 rings (SSSR count). The normalized spacial score (nSPS) is 18.6. The second-order valence-electron chi connectivity index (χ2n) is 3.23. The minimum atomic E-state index is -5.45. The Morgan fingerprint density at radius 3 is 1.75 bits per heavy atom. The molecule has 9 heteroatoms. The molecule has 0 unspecified atom stereocenters. The van der Waals surface area contributed by atoms with Gasteiger partial charge in [-0.25, -0.2) is 0 Å². The highest BCUT2D eigenvalue weighted by Gasteiger charge is 2.57. The molecule has 0 aromatic rings. The van der Waals surface area contributed by atoms with Gasteiger partial charge in [0.25, 0.3) is 0 Å². The molecule has 0 amide bonds. The zero-order valence-corrected chi connectivity index (χ0v) is 9.82. The Balaban J connectivity index is 0. The first-order chi connectivity index (χ1) is 6.33. The van der Waals surface area contributed by atoms with Gasteiger partial charge < -0.3 is 5.32 Å². The molecule has 0 spiro atoms. The van der Waals surface area contributed by atoms with Crippen LogP contribution < -0.4 is 5.32 Å². The summed E-state index contributed by atoms with van der Waals surface area (Å²) in [5.74, 6) is -4.61. The van der Waals surface area contributed by atoms with Gasteiger partial charge in [0.1, 0.15) is 0 Å². The van der Waals surface area contributed by atoms with Crippen LogP contribution in [0.15, 0.2) is 0 Å². The van der Waals surface area contributed by atoms with E-state index in [9.17, 15) is 22.0 Å². The number of rotatable bonds is 2. The number of piperazine rings is 1. The number of hydrogen-bond donors (Lipinski definition) is 1. The molecule has 0 radical (unpaired) electrons. The van der Waals surface area contributed by atoms with Crippen molar-refractivity contribution in [1.29, 1.82) is 0 Å². The topological polar surface area (TPSA) is 15.3 Å². The van der Waals surface area contributed by atoms with E-state index in [1.165, 1.54) is 0 Å². The van der Waals surface area contributed by atoms with E-state index in [1.54, 1.807) is 0 Å². The largest absolute Gasteiger partial charge is 0.454 e. The Morgan fingerprint density at radius 1 is 0.938 bits per heavy atom. The molecular weight excluding hydrogens is 278 g/mol. The molecule has 16 heavy (non-hydrogen) atoms. The molecule has 1 aliphatic heterocycles. The smallest absolute Gasteiger partial charge is 0.314 e. The van der Waals surface area contributed by atoms with Crippen molar-refractivity contribution in [3.63, 3.8) is 0 Å². The van der Waals surface area contributed by atoms with Gasteiger partial charge in [-0.3, -0.25) is 4.90 Å². The summed E-state index contributed by atoms with van der Waals surface area (Å²) < 4.78 is 60.4. The van der Waals surface area contributed by atoms with Crippen molar-refractivity contribution in [1.82, 2.24) is 10.2 Å². The van der Waals surface area contributed by atoms with Gasteiger partial charge in [0.15, 0.2) is 0 Å². The maximum Gasteiger partial charge on any atom is 0.454 e. The fraction of sp³-hybridized carbons (Fsp3) is 1.00. The zero-order valence-electron chi connectivity index (χ0n) is 8.19. The molecule has 1 aliphatic rings. The highest BCUT2D eigenvalue weighted by molar-refractivity contribution is 5.85. The summed E-state index contributed by atoms with van der Waals surface area (Å²) in [7, 11) is 0. The van der Waals surface area contributed by atoms with E-state index >= 15 is 0 Å². The molecule has 1 heterocycles. The van der Waals surface area contributed by atoms with Gasteiger partial charge in [0, 0.05) is 26.2 Å². The maximum atomic E-state index is 12.5. The summed E-state index contributed by atoms with van der Waals surface area (Å²) in [5, 5.41) is 2.87. The quantitative estimate of drug-likeness (QED) is 0.782. The molecule has 0 saturated carbocycles. The third kappa shape index (κ3) is 4.99. The lowest BCUT2D eigenvalue weighted by Gasteiger charge is -2.31. The van der Waals surface area contributed by atoms with E-state index in [4.69, 9.17) is 0 Å². The lowest BCUT2D eigenvalue weighted by Crippen LogP contribution is -2.52. The number of halogens is 7. The molecule has 1 N–H and O–H groups in total. The van der Waals surface area contributed by atoms with Crippen molar-refractivity contribution < 1.29 is 22.0 Å². The van der Waals surface area contributed by atoms with Crippen LogP contribution in [-0.2, 0) is 0 Å². The van der Waals surface area contributed by atoms with E-state index in [0.29, 0.717) is 13.1 Å².